The van der Waals surface area contributed by atoms with Gasteiger partial charge in [-0.1, -0.05) is 42.5 Å². The summed E-state index contributed by atoms with van der Waals surface area (Å²) in [5.41, 5.74) is 4.46. The fraction of sp³-hybridized carbons (Fsp3) is 0.350. The zero-order valence-corrected chi connectivity index (χ0v) is 14.7. The molecular formula is C20H25N3O3. The molecule has 1 atom stereocenters. The number of hydrogen-bond acceptors (Lipinski definition) is 5. The van der Waals surface area contributed by atoms with Crippen LogP contribution in [0, 0.1) is 0 Å². The lowest BCUT2D eigenvalue weighted by molar-refractivity contribution is -0.129. The monoisotopic (exact) mass is 355 g/mol. The predicted molar refractivity (Wildman–Crippen MR) is 100 cm³/mol. The second-order valence-electron chi connectivity index (χ2n) is 6.32. The summed E-state index contributed by atoms with van der Waals surface area (Å²) < 4.78 is 5.35. The molecule has 6 nitrogen and oxygen atoms in total. The number of benzene rings is 2. The molecule has 1 aliphatic heterocycles. The van der Waals surface area contributed by atoms with Crippen LogP contribution in [0.15, 0.2) is 54.6 Å². The van der Waals surface area contributed by atoms with Gasteiger partial charge in [-0.3, -0.25) is 14.9 Å². The summed E-state index contributed by atoms with van der Waals surface area (Å²) in [4.78, 5) is 14.5. The Labute approximate surface area is 153 Å². The lowest BCUT2D eigenvalue weighted by atomic mass is 9.90. The van der Waals surface area contributed by atoms with Gasteiger partial charge < -0.3 is 10.1 Å². The summed E-state index contributed by atoms with van der Waals surface area (Å²) in [6.07, 6.45) is 0. The third-order valence-corrected chi connectivity index (χ3v) is 4.61. The number of nitrogens with one attached hydrogen (secondary N) is 2. The van der Waals surface area contributed by atoms with Crippen molar-refractivity contribution in [2.75, 3.05) is 44.7 Å². The molecule has 1 amide bonds. The molecule has 0 saturated carbocycles. The number of carbonyl (C=O) groups excluding carboxylic acids is 1. The Hall–Kier alpha value is -2.41. The molecule has 1 unspecified atom stereocenters. The van der Waals surface area contributed by atoms with Gasteiger partial charge in [-0.05, 0) is 23.3 Å². The van der Waals surface area contributed by atoms with E-state index in [1.807, 2.05) is 54.6 Å². The zero-order valence-electron chi connectivity index (χ0n) is 14.7. The van der Waals surface area contributed by atoms with E-state index in [9.17, 15) is 4.79 Å². The standard InChI is InChI=1S/C20H25N3O3/c24-20(22-25)19(16-4-2-1-3-5-16)17-6-8-18(9-7-17)21-10-11-23-12-14-26-15-13-23/h1-9,19,21,25H,10-15H2,(H,22,24). The van der Waals surface area contributed by atoms with E-state index in [4.69, 9.17) is 9.94 Å². The summed E-state index contributed by atoms with van der Waals surface area (Å²) >= 11 is 0. The molecule has 1 aliphatic rings. The third kappa shape index (κ3) is 4.82. The van der Waals surface area contributed by atoms with E-state index in [1.54, 1.807) is 5.48 Å². The first kappa shape index (κ1) is 18.4. The average Bonchev–Trinajstić information content (AvgIpc) is 2.71. The summed E-state index contributed by atoms with van der Waals surface area (Å²) in [5.74, 6) is -0.979. The van der Waals surface area contributed by atoms with Crippen LogP contribution < -0.4 is 10.8 Å². The van der Waals surface area contributed by atoms with Gasteiger partial charge in [0.2, 0.25) is 0 Å². The van der Waals surface area contributed by atoms with Crippen molar-refractivity contribution < 1.29 is 14.7 Å². The molecule has 1 saturated heterocycles. The van der Waals surface area contributed by atoms with E-state index in [2.05, 4.69) is 10.2 Å². The first-order valence-corrected chi connectivity index (χ1v) is 8.91. The minimum absolute atomic E-state index is 0.441. The molecule has 1 fully saturated rings. The van der Waals surface area contributed by atoms with Crippen molar-refractivity contribution in [3.05, 3.63) is 65.7 Å². The summed E-state index contributed by atoms with van der Waals surface area (Å²) in [5, 5.41) is 12.5. The Morgan fingerprint density at radius 2 is 1.69 bits per heavy atom. The number of carbonyl (C=O) groups is 1. The van der Waals surface area contributed by atoms with Crippen LogP contribution in [0.1, 0.15) is 17.0 Å². The quantitative estimate of drug-likeness (QED) is 0.524. The van der Waals surface area contributed by atoms with Crippen LogP contribution in [0.4, 0.5) is 5.69 Å². The molecule has 0 aromatic heterocycles. The highest BCUT2D eigenvalue weighted by atomic mass is 16.5. The molecule has 26 heavy (non-hydrogen) atoms. The molecule has 0 aliphatic carbocycles. The Morgan fingerprint density at radius 1 is 1.04 bits per heavy atom. The van der Waals surface area contributed by atoms with Gasteiger partial charge in [-0.2, -0.15) is 0 Å². The predicted octanol–water partition coefficient (Wildman–Crippen LogP) is 2.07. The molecule has 1 heterocycles. The largest absolute Gasteiger partial charge is 0.384 e. The molecule has 3 rings (SSSR count). The minimum Gasteiger partial charge on any atom is -0.384 e. The molecule has 3 N–H and O–H groups in total. The lowest BCUT2D eigenvalue weighted by Gasteiger charge is -2.26. The topological polar surface area (TPSA) is 73.8 Å². The minimum atomic E-state index is -0.538. The number of nitrogens with zero attached hydrogens (tertiary/aromatic N) is 1. The number of rotatable bonds is 7. The normalized spacial score (nSPS) is 16.0. The maximum atomic E-state index is 12.2. The smallest absolute Gasteiger partial charge is 0.255 e. The van der Waals surface area contributed by atoms with Crippen molar-refractivity contribution in [3.63, 3.8) is 0 Å². The molecule has 2 aromatic rings. The van der Waals surface area contributed by atoms with Crippen LogP contribution in [-0.4, -0.2) is 55.4 Å². The van der Waals surface area contributed by atoms with Crippen molar-refractivity contribution in [1.82, 2.24) is 10.4 Å². The van der Waals surface area contributed by atoms with Gasteiger partial charge >= 0.3 is 0 Å². The van der Waals surface area contributed by atoms with E-state index in [0.29, 0.717) is 0 Å². The number of anilines is 1. The Morgan fingerprint density at radius 3 is 2.35 bits per heavy atom. The maximum absolute atomic E-state index is 12.2. The van der Waals surface area contributed by atoms with Crippen LogP contribution >= 0.6 is 0 Å². The Balaban J connectivity index is 1.62. The summed E-state index contributed by atoms with van der Waals surface area (Å²) in [6.45, 7) is 5.42. The van der Waals surface area contributed by atoms with E-state index >= 15 is 0 Å². The van der Waals surface area contributed by atoms with Gasteiger partial charge in [0.05, 0.1) is 19.1 Å². The number of morpholine rings is 1. The highest BCUT2D eigenvalue weighted by molar-refractivity contribution is 5.86. The van der Waals surface area contributed by atoms with Gasteiger partial charge in [0.25, 0.3) is 5.91 Å². The molecule has 2 aromatic carbocycles. The second-order valence-corrected chi connectivity index (χ2v) is 6.32. The Kier molecular flexibility index (Phi) is 6.60. The van der Waals surface area contributed by atoms with Gasteiger partial charge in [-0.25, -0.2) is 5.48 Å². The number of amides is 1. The van der Waals surface area contributed by atoms with E-state index in [0.717, 1.165) is 56.2 Å². The van der Waals surface area contributed by atoms with Crippen LogP contribution in [-0.2, 0) is 9.53 Å². The average molecular weight is 355 g/mol. The SMILES string of the molecule is O=C(NO)C(c1ccccc1)c1ccc(NCCN2CCOCC2)cc1. The van der Waals surface area contributed by atoms with Crippen molar-refractivity contribution >= 4 is 11.6 Å². The second kappa shape index (κ2) is 9.33. The number of hydrogen-bond donors (Lipinski definition) is 3. The van der Waals surface area contributed by atoms with Crippen molar-refractivity contribution in [2.45, 2.75) is 5.92 Å². The van der Waals surface area contributed by atoms with Gasteiger partial charge in [-0.15, -0.1) is 0 Å². The summed E-state index contributed by atoms with van der Waals surface area (Å²) in [7, 11) is 0. The van der Waals surface area contributed by atoms with E-state index < -0.39 is 11.8 Å². The van der Waals surface area contributed by atoms with Gasteiger partial charge in [0, 0.05) is 31.9 Å². The summed E-state index contributed by atoms with van der Waals surface area (Å²) in [6, 6.07) is 17.2. The van der Waals surface area contributed by atoms with Gasteiger partial charge in [0.1, 0.15) is 0 Å². The third-order valence-electron chi connectivity index (χ3n) is 4.61. The molecule has 138 valence electrons. The number of hydroxylamine groups is 1. The highest BCUT2D eigenvalue weighted by Crippen LogP contribution is 2.26. The first-order valence-electron chi connectivity index (χ1n) is 8.91. The fourth-order valence-electron chi connectivity index (χ4n) is 3.18. The van der Waals surface area contributed by atoms with Crippen molar-refractivity contribution in [3.8, 4) is 0 Å². The lowest BCUT2D eigenvalue weighted by Crippen LogP contribution is -2.39. The fourth-order valence-corrected chi connectivity index (χ4v) is 3.18. The van der Waals surface area contributed by atoms with Crippen molar-refractivity contribution in [2.24, 2.45) is 0 Å². The number of ether oxygens (including phenoxy) is 1. The van der Waals surface area contributed by atoms with Crippen LogP contribution in [0.3, 0.4) is 0 Å². The van der Waals surface area contributed by atoms with E-state index in [-0.39, 0.29) is 0 Å². The highest BCUT2D eigenvalue weighted by Gasteiger charge is 2.22. The zero-order chi connectivity index (χ0) is 18.2. The maximum Gasteiger partial charge on any atom is 0.255 e. The first-order chi connectivity index (χ1) is 12.8. The van der Waals surface area contributed by atoms with E-state index in [1.165, 1.54) is 0 Å². The van der Waals surface area contributed by atoms with Crippen LogP contribution in [0.2, 0.25) is 0 Å². The molecule has 0 spiro atoms. The van der Waals surface area contributed by atoms with Crippen LogP contribution in [0.5, 0.6) is 0 Å². The van der Waals surface area contributed by atoms with Crippen molar-refractivity contribution in [1.29, 1.82) is 0 Å². The Bertz CT molecular complexity index is 685. The molecule has 6 heteroatoms. The van der Waals surface area contributed by atoms with Gasteiger partial charge in [0.15, 0.2) is 0 Å². The van der Waals surface area contributed by atoms with Crippen LogP contribution in [0.25, 0.3) is 0 Å². The molecule has 0 radical (unpaired) electrons. The molecular weight excluding hydrogens is 330 g/mol. The molecule has 0 bridgehead atoms.